The first-order valence-corrected chi connectivity index (χ1v) is 9.13. The molecule has 26 heavy (non-hydrogen) atoms. The zero-order valence-electron chi connectivity index (χ0n) is 15.0. The van der Waals surface area contributed by atoms with Crippen LogP contribution in [0.5, 0.6) is 0 Å². The molecular formula is C20H23N5O. The number of hydrogen-bond donors (Lipinski definition) is 1. The smallest absolute Gasteiger partial charge is 0.257 e. The minimum absolute atomic E-state index is 0.0439. The van der Waals surface area contributed by atoms with E-state index in [0.717, 1.165) is 24.2 Å². The van der Waals surface area contributed by atoms with Gasteiger partial charge in [-0.1, -0.05) is 24.6 Å². The van der Waals surface area contributed by atoms with Crippen molar-refractivity contribution in [3.05, 3.63) is 65.2 Å². The Labute approximate surface area is 152 Å². The van der Waals surface area contributed by atoms with E-state index < -0.39 is 0 Å². The van der Waals surface area contributed by atoms with E-state index in [4.69, 9.17) is 0 Å². The van der Waals surface area contributed by atoms with E-state index in [1.165, 1.54) is 30.5 Å². The lowest BCUT2D eigenvalue weighted by atomic mass is 10.1. The second-order valence-electron chi connectivity index (χ2n) is 6.86. The van der Waals surface area contributed by atoms with Crippen LogP contribution < -0.4 is 0 Å². The molecule has 3 aromatic rings. The molecule has 6 heteroatoms. The summed E-state index contributed by atoms with van der Waals surface area (Å²) >= 11 is 0. The molecule has 1 aromatic carbocycles. The molecule has 2 heterocycles. The number of fused-ring (bicyclic) bond motifs is 1. The molecule has 0 saturated heterocycles. The van der Waals surface area contributed by atoms with Crippen molar-refractivity contribution in [2.24, 2.45) is 0 Å². The minimum atomic E-state index is -0.0439. The number of rotatable bonds is 4. The van der Waals surface area contributed by atoms with Crippen molar-refractivity contribution in [2.45, 2.75) is 38.6 Å². The summed E-state index contributed by atoms with van der Waals surface area (Å²) in [5.41, 5.74) is 5.07. The number of carbonyl (C=O) groups is 1. The summed E-state index contributed by atoms with van der Waals surface area (Å²) in [4.78, 5) is 14.5. The van der Waals surface area contributed by atoms with Gasteiger partial charge in [0.05, 0.1) is 29.7 Å². The summed E-state index contributed by atoms with van der Waals surface area (Å²) < 4.78 is 1.72. The molecule has 0 radical (unpaired) electrons. The van der Waals surface area contributed by atoms with Gasteiger partial charge >= 0.3 is 0 Å². The lowest BCUT2D eigenvalue weighted by molar-refractivity contribution is 0.0783. The number of para-hydroxylation sites is 1. The summed E-state index contributed by atoms with van der Waals surface area (Å²) in [6.07, 6.45) is 9.17. The largest absolute Gasteiger partial charge is 0.336 e. The number of nitrogens with one attached hydrogen (secondary N) is 1. The van der Waals surface area contributed by atoms with Crippen LogP contribution >= 0.6 is 0 Å². The predicted molar refractivity (Wildman–Crippen MR) is 99.2 cm³/mol. The number of benzene rings is 1. The Morgan fingerprint density at radius 1 is 1.19 bits per heavy atom. The Kier molecular flexibility index (Phi) is 4.56. The van der Waals surface area contributed by atoms with Crippen molar-refractivity contribution in [3.8, 4) is 5.69 Å². The van der Waals surface area contributed by atoms with Gasteiger partial charge in [-0.05, 0) is 43.4 Å². The molecule has 1 aliphatic carbocycles. The van der Waals surface area contributed by atoms with Crippen LogP contribution in [-0.4, -0.2) is 37.8 Å². The molecule has 6 nitrogen and oxygen atoms in total. The second kappa shape index (κ2) is 7.15. The van der Waals surface area contributed by atoms with Crippen molar-refractivity contribution in [1.82, 2.24) is 24.9 Å². The number of aromatic nitrogens is 4. The average Bonchev–Trinajstić information content (AvgIpc) is 3.23. The van der Waals surface area contributed by atoms with Crippen LogP contribution in [0.4, 0.5) is 0 Å². The van der Waals surface area contributed by atoms with E-state index in [1.54, 1.807) is 22.0 Å². The highest BCUT2D eigenvalue weighted by molar-refractivity contribution is 5.93. The number of carbonyl (C=O) groups excluding carboxylic acids is 1. The maximum Gasteiger partial charge on any atom is 0.257 e. The molecule has 1 aliphatic rings. The third-order valence-corrected chi connectivity index (χ3v) is 4.98. The maximum atomic E-state index is 12.8. The first kappa shape index (κ1) is 16.6. The van der Waals surface area contributed by atoms with Gasteiger partial charge in [-0.3, -0.25) is 9.89 Å². The molecule has 0 saturated carbocycles. The number of H-pyrrole nitrogens is 1. The summed E-state index contributed by atoms with van der Waals surface area (Å²) in [7, 11) is 1.82. The number of amides is 1. The summed E-state index contributed by atoms with van der Waals surface area (Å²) in [6, 6.07) is 9.79. The van der Waals surface area contributed by atoms with Crippen molar-refractivity contribution in [3.63, 3.8) is 0 Å². The first-order chi connectivity index (χ1) is 12.7. The van der Waals surface area contributed by atoms with Gasteiger partial charge in [0.15, 0.2) is 0 Å². The lowest BCUT2D eigenvalue weighted by Gasteiger charge is -2.15. The fourth-order valence-electron chi connectivity index (χ4n) is 3.53. The topological polar surface area (TPSA) is 66.8 Å². The van der Waals surface area contributed by atoms with Crippen LogP contribution in [0.25, 0.3) is 5.69 Å². The number of aromatic amines is 1. The van der Waals surface area contributed by atoms with Crippen LogP contribution in [0.1, 0.15) is 46.6 Å². The van der Waals surface area contributed by atoms with Gasteiger partial charge in [0.2, 0.25) is 0 Å². The summed E-state index contributed by atoms with van der Waals surface area (Å²) in [5.74, 6) is -0.0439. The molecule has 2 aromatic heterocycles. The second-order valence-corrected chi connectivity index (χ2v) is 6.86. The molecule has 0 atom stereocenters. The Hall–Kier alpha value is -2.89. The minimum Gasteiger partial charge on any atom is -0.336 e. The SMILES string of the molecule is CN(Cc1n[nH]c2c1CCCCC2)C(=O)c1cnn(-c2ccccc2)c1. The fourth-order valence-corrected chi connectivity index (χ4v) is 3.53. The Balaban J connectivity index is 1.49. The number of hydrogen-bond acceptors (Lipinski definition) is 3. The van der Waals surface area contributed by atoms with Crippen LogP contribution in [0, 0.1) is 0 Å². The highest BCUT2D eigenvalue weighted by Crippen LogP contribution is 2.22. The Morgan fingerprint density at radius 3 is 2.85 bits per heavy atom. The number of nitrogens with zero attached hydrogens (tertiary/aromatic N) is 4. The van der Waals surface area contributed by atoms with Gasteiger partial charge in [0, 0.05) is 18.9 Å². The highest BCUT2D eigenvalue weighted by atomic mass is 16.2. The molecule has 0 fully saturated rings. The van der Waals surface area contributed by atoms with Crippen molar-refractivity contribution in [1.29, 1.82) is 0 Å². The molecule has 0 unspecified atom stereocenters. The van der Waals surface area contributed by atoms with Gasteiger partial charge in [-0.2, -0.15) is 10.2 Å². The van der Waals surface area contributed by atoms with Crippen LogP contribution in [0.15, 0.2) is 42.7 Å². The third-order valence-electron chi connectivity index (χ3n) is 4.98. The first-order valence-electron chi connectivity index (χ1n) is 9.13. The summed E-state index contributed by atoms with van der Waals surface area (Å²) in [6.45, 7) is 0.515. The van der Waals surface area contributed by atoms with Crippen LogP contribution in [0.3, 0.4) is 0 Å². The quantitative estimate of drug-likeness (QED) is 0.736. The fraction of sp³-hybridized carbons (Fsp3) is 0.350. The molecule has 0 bridgehead atoms. The zero-order chi connectivity index (χ0) is 17.9. The van der Waals surface area contributed by atoms with Crippen molar-refractivity contribution >= 4 is 5.91 Å². The van der Waals surface area contributed by atoms with Gasteiger partial charge in [0.25, 0.3) is 5.91 Å². The van der Waals surface area contributed by atoms with E-state index >= 15 is 0 Å². The molecule has 134 valence electrons. The van der Waals surface area contributed by atoms with Crippen LogP contribution in [-0.2, 0) is 19.4 Å². The van der Waals surface area contributed by atoms with Gasteiger partial charge in [-0.25, -0.2) is 4.68 Å². The zero-order valence-corrected chi connectivity index (χ0v) is 15.0. The maximum absolute atomic E-state index is 12.8. The highest BCUT2D eigenvalue weighted by Gasteiger charge is 2.20. The third kappa shape index (κ3) is 3.27. The predicted octanol–water partition coefficient (Wildman–Crippen LogP) is 3.14. The molecule has 1 amide bonds. The van der Waals surface area contributed by atoms with E-state index in [9.17, 15) is 4.79 Å². The lowest BCUT2D eigenvalue weighted by Crippen LogP contribution is -2.26. The van der Waals surface area contributed by atoms with E-state index in [2.05, 4.69) is 15.3 Å². The summed E-state index contributed by atoms with van der Waals surface area (Å²) in [5, 5.41) is 12.0. The van der Waals surface area contributed by atoms with Crippen molar-refractivity contribution in [2.75, 3.05) is 7.05 Å². The van der Waals surface area contributed by atoms with Crippen LogP contribution in [0.2, 0.25) is 0 Å². The van der Waals surface area contributed by atoms with Gasteiger partial charge in [-0.15, -0.1) is 0 Å². The van der Waals surface area contributed by atoms with E-state index in [0.29, 0.717) is 12.1 Å². The van der Waals surface area contributed by atoms with Crippen molar-refractivity contribution < 1.29 is 4.79 Å². The standard InChI is InChI=1S/C20H23N5O/c1-24(14-19-17-10-6-3-7-11-18(17)22-23-19)20(26)15-12-21-25(13-15)16-8-4-2-5-9-16/h2,4-5,8-9,12-13H,3,6-7,10-11,14H2,1H3,(H,22,23). The van der Waals surface area contributed by atoms with Gasteiger partial charge < -0.3 is 4.90 Å². The number of aryl methyl sites for hydroxylation is 1. The molecule has 0 aliphatic heterocycles. The van der Waals surface area contributed by atoms with Gasteiger partial charge in [0.1, 0.15) is 0 Å². The average molecular weight is 349 g/mol. The molecular weight excluding hydrogens is 326 g/mol. The Morgan fingerprint density at radius 2 is 2.00 bits per heavy atom. The van der Waals surface area contributed by atoms with E-state index in [-0.39, 0.29) is 5.91 Å². The molecule has 0 spiro atoms. The molecule has 1 N–H and O–H groups in total. The van der Waals surface area contributed by atoms with E-state index in [1.807, 2.05) is 37.4 Å². The monoisotopic (exact) mass is 349 g/mol. The molecule has 4 rings (SSSR count). The normalized spacial score (nSPS) is 13.9. The Bertz CT molecular complexity index is 896.